The normalized spacial score (nSPS) is 10.8. The number of hydrogen-bond donors (Lipinski definition) is 1. The van der Waals surface area contributed by atoms with E-state index in [1.54, 1.807) is 5.38 Å². The van der Waals surface area contributed by atoms with Crippen LogP contribution >= 0.6 is 11.3 Å². The predicted octanol–water partition coefficient (Wildman–Crippen LogP) is 5.02. The molecule has 2 aromatic heterocycles. The average Bonchev–Trinajstić information content (AvgIpc) is 3.54. The number of aromatic nitrogens is 2. The molecular formula is C28H30N4O2S. The number of amides is 2. The summed E-state index contributed by atoms with van der Waals surface area (Å²) in [6.45, 7) is 4.41. The van der Waals surface area contributed by atoms with Crippen LogP contribution in [0.4, 0.5) is 0 Å². The van der Waals surface area contributed by atoms with E-state index in [0.717, 1.165) is 23.5 Å². The zero-order valence-corrected chi connectivity index (χ0v) is 20.7. The van der Waals surface area contributed by atoms with E-state index in [-0.39, 0.29) is 11.8 Å². The monoisotopic (exact) mass is 486 g/mol. The number of thiazole rings is 1. The van der Waals surface area contributed by atoms with Crippen molar-refractivity contribution < 1.29 is 9.59 Å². The van der Waals surface area contributed by atoms with Gasteiger partial charge in [0.05, 0.1) is 13.1 Å². The Morgan fingerprint density at radius 3 is 2.49 bits per heavy atom. The number of benzene rings is 2. The predicted molar refractivity (Wildman–Crippen MR) is 140 cm³/mol. The second kappa shape index (κ2) is 12.1. The molecule has 0 saturated carbocycles. The van der Waals surface area contributed by atoms with E-state index in [1.807, 2.05) is 71.8 Å². The molecule has 4 aromatic rings. The fourth-order valence-electron chi connectivity index (χ4n) is 3.92. The summed E-state index contributed by atoms with van der Waals surface area (Å²) >= 11 is 1.47. The summed E-state index contributed by atoms with van der Waals surface area (Å²) in [4.78, 5) is 32.0. The highest BCUT2D eigenvalue weighted by Gasteiger charge is 2.17. The van der Waals surface area contributed by atoms with Crippen LogP contribution < -0.4 is 5.32 Å². The van der Waals surface area contributed by atoms with E-state index in [1.165, 1.54) is 16.9 Å². The lowest BCUT2D eigenvalue weighted by atomic mass is 10.1. The molecule has 7 heteroatoms. The molecule has 1 N–H and O–H groups in total. The molecule has 0 fully saturated rings. The molecule has 0 aliphatic heterocycles. The molecular weight excluding hydrogens is 456 g/mol. The van der Waals surface area contributed by atoms with Crippen LogP contribution in [0.2, 0.25) is 0 Å². The molecule has 6 nitrogen and oxygen atoms in total. The van der Waals surface area contributed by atoms with E-state index in [0.29, 0.717) is 37.4 Å². The molecule has 4 rings (SSSR count). The maximum atomic E-state index is 13.0. The number of nitrogens with zero attached hydrogens (tertiary/aromatic N) is 3. The highest BCUT2D eigenvalue weighted by atomic mass is 32.1. The Bertz CT molecular complexity index is 1230. The molecule has 0 bridgehead atoms. The number of carbonyl (C=O) groups is 2. The number of hydrogen-bond acceptors (Lipinski definition) is 4. The van der Waals surface area contributed by atoms with Gasteiger partial charge in [-0.3, -0.25) is 9.59 Å². The van der Waals surface area contributed by atoms with Gasteiger partial charge in [-0.1, -0.05) is 55.5 Å². The van der Waals surface area contributed by atoms with E-state index in [9.17, 15) is 9.59 Å². The molecule has 2 aromatic carbocycles. The second-order valence-electron chi connectivity index (χ2n) is 8.34. The van der Waals surface area contributed by atoms with Crippen LogP contribution in [0.5, 0.6) is 0 Å². The summed E-state index contributed by atoms with van der Waals surface area (Å²) in [5, 5.41) is 5.61. The highest BCUT2D eigenvalue weighted by Crippen LogP contribution is 2.16. The van der Waals surface area contributed by atoms with Gasteiger partial charge in [-0.2, -0.15) is 0 Å². The second-order valence-corrected chi connectivity index (χ2v) is 9.28. The van der Waals surface area contributed by atoms with Gasteiger partial charge in [0.25, 0.3) is 11.8 Å². The van der Waals surface area contributed by atoms with Crippen LogP contribution in [0.1, 0.15) is 50.5 Å². The molecule has 2 amide bonds. The van der Waals surface area contributed by atoms with Crippen molar-refractivity contribution in [2.75, 3.05) is 13.1 Å². The van der Waals surface area contributed by atoms with Crippen molar-refractivity contribution in [3.8, 4) is 0 Å². The topological polar surface area (TPSA) is 67.2 Å². The first-order valence-corrected chi connectivity index (χ1v) is 12.8. The molecule has 0 aliphatic rings. The Morgan fingerprint density at radius 1 is 1.00 bits per heavy atom. The lowest BCUT2D eigenvalue weighted by Crippen LogP contribution is -2.32. The molecule has 0 atom stereocenters. The van der Waals surface area contributed by atoms with E-state index in [4.69, 9.17) is 0 Å². The third-order valence-electron chi connectivity index (χ3n) is 5.71. The SMILES string of the molecule is CCCN(Cc1cccn1Cc1nc(C(=O)NCCc2ccccc2)cs1)C(=O)c1ccccc1. The Kier molecular flexibility index (Phi) is 8.46. The summed E-state index contributed by atoms with van der Waals surface area (Å²) in [6, 6.07) is 23.5. The summed E-state index contributed by atoms with van der Waals surface area (Å²) in [5.74, 6) is -0.123. The van der Waals surface area contributed by atoms with Crippen LogP contribution in [-0.4, -0.2) is 39.4 Å². The van der Waals surface area contributed by atoms with Gasteiger partial charge in [0.2, 0.25) is 0 Å². The van der Waals surface area contributed by atoms with Crippen LogP contribution in [-0.2, 0) is 19.5 Å². The zero-order chi connectivity index (χ0) is 24.5. The van der Waals surface area contributed by atoms with Crippen LogP contribution in [0, 0.1) is 0 Å². The van der Waals surface area contributed by atoms with Crippen LogP contribution in [0.3, 0.4) is 0 Å². The molecule has 0 unspecified atom stereocenters. The Balaban J connectivity index is 1.36. The van der Waals surface area contributed by atoms with Crippen molar-refractivity contribution in [1.82, 2.24) is 19.8 Å². The molecule has 35 heavy (non-hydrogen) atoms. The smallest absolute Gasteiger partial charge is 0.270 e. The molecule has 180 valence electrons. The van der Waals surface area contributed by atoms with Crippen LogP contribution in [0.25, 0.3) is 0 Å². The van der Waals surface area contributed by atoms with Gasteiger partial charge in [0, 0.05) is 35.9 Å². The van der Waals surface area contributed by atoms with Crippen molar-refractivity contribution in [1.29, 1.82) is 0 Å². The van der Waals surface area contributed by atoms with Gasteiger partial charge in [0.15, 0.2) is 0 Å². The van der Waals surface area contributed by atoms with Crippen molar-refractivity contribution in [3.63, 3.8) is 0 Å². The van der Waals surface area contributed by atoms with Gasteiger partial charge < -0.3 is 14.8 Å². The summed E-state index contributed by atoms with van der Waals surface area (Å²) in [6.07, 6.45) is 3.66. The fourth-order valence-corrected chi connectivity index (χ4v) is 4.69. The van der Waals surface area contributed by atoms with E-state index >= 15 is 0 Å². The van der Waals surface area contributed by atoms with Crippen molar-refractivity contribution >= 4 is 23.2 Å². The van der Waals surface area contributed by atoms with Crippen molar-refractivity contribution in [3.05, 3.63) is 112 Å². The molecule has 0 spiro atoms. The van der Waals surface area contributed by atoms with Crippen molar-refractivity contribution in [2.24, 2.45) is 0 Å². The third kappa shape index (κ3) is 6.67. The number of nitrogens with one attached hydrogen (secondary N) is 1. The fraction of sp³-hybridized carbons (Fsp3) is 0.250. The maximum Gasteiger partial charge on any atom is 0.270 e. The van der Waals surface area contributed by atoms with E-state index < -0.39 is 0 Å². The summed E-state index contributed by atoms with van der Waals surface area (Å²) in [5.41, 5.74) is 3.36. The Labute approximate surface area is 210 Å². The minimum absolute atomic E-state index is 0.0314. The van der Waals surface area contributed by atoms with Gasteiger partial charge in [-0.15, -0.1) is 11.3 Å². The molecule has 0 saturated heterocycles. The molecule has 2 heterocycles. The van der Waals surface area contributed by atoms with Gasteiger partial charge in [-0.05, 0) is 42.7 Å². The van der Waals surface area contributed by atoms with Crippen LogP contribution in [0.15, 0.2) is 84.4 Å². The maximum absolute atomic E-state index is 13.0. The lowest BCUT2D eigenvalue weighted by molar-refractivity contribution is 0.0739. The largest absolute Gasteiger partial charge is 0.350 e. The minimum atomic E-state index is -0.154. The quantitative estimate of drug-likeness (QED) is 0.324. The standard InChI is InChI=1S/C28H30N4O2S/c1-2-17-32(28(34)23-12-7-4-8-13-23)19-24-14-9-18-31(24)20-26-30-25(21-35-26)27(33)29-16-15-22-10-5-3-6-11-22/h3-14,18,21H,2,15-17,19-20H2,1H3,(H,29,33). The lowest BCUT2D eigenvalue weighted by Gasteiger charge is -2.23. The minimum Gasteiger partial charge on any atom is -0.350 e. The summed E-state index contributed by atoms with van der Waals surface area (Å²) < 4.78 is 2.09. The zero-order valence-electron chi connectivity index (χ0n) is 19.9. The number of carbonyl (C=O) groups excluding carboxylic acids is 2. The Morgan fingerprint density at radius 2 is 1.74 bits per heavy atom. The van der Waals surface area contributed by atoms with Crippen molar-refractivity contribution in [2.45, 2.75) is 32.9 Å². The Hall–Kier alpha value is -3.71. The molecule has 0 aliphatic carbocycles. The first-order chi connectivity index (χ1) is 17.1. The molecule has 0 radical (unpaired) electrons. The van der Waals surface area contributed by atoms with Gasteiger partial charge in [0.1, 0.15) is 10.7 Å². The third-order valence-corrected chi connectivity index (χ3v) is 6.54. The van der Waals surface area contributed by atoms with Gasteiger partial charge >= 0.3 is 0 Å². The summed E-state index contributed by atoms with van der Waals surface area (Å²) in [7, 11) is 0. The van der Waals surface area contributed by atoms with Gasteiger partial charge in [-0.25, -0.2) is 4.98 Å². The average molecular weight is 487 g/mol. The highest BCUT2D eigenvalue weighted by molar-refractivity contribution is 7.09. The number of rotatable bonds is 11. The first kappa shape index (κ1) is 24.4. The van der Waals surface area contributed by atoms with E-state index in [2.05, 4.69) is 33.9 Å². The first-order valence-electron chi connectivity index (χ1n) is 11.9.